The van der Waals surface area contributed by atoms with Gasteiger partial charge in [0.2, 0.25) is 0 Å². The summed E-state index contributed by atoms with van der Waals surface area (Å²) in [5.74, 6) is 0.736. The monoisotopic (exact) mass is 240 g/mol. The molecule has 1 aliphatic carbocycles. The summed E-state index contributed by atoms with van der Waals surface area (Å²) in [4.78, 5) is 0. The molecule has 3 N–H and O–H groups in total. The van der Waals surface area contributed by atoms with Gasteiger partial charge in [0, 0.05) is 17.8 Å². The first-order valence-electron chi connectivity index (χ1n) is 5.63. The normalized spacial score (nSPS) is 23.7. The predicted molar refractivity (Wildman–Crippen MR) is 67.2 cm³/mol. The number of rotatable bonds is 4. The molecule has 1 aromatic carbocycles. The average Bonchev–Trinajstić information content (AvgIpc) is 2.20. The minimum atomic E-state index is 0.357. The van der Waals surface area contributed by atoms with E-state index in [9.17, 15) is 0 Å². The molecule has 0 aromatic heterocycles. The van der Waals surface area contributed by atoms with Crippen LogP contribution in [-0.4, -0.2) is 18.7 Å². The molecule has 0 radical (unpaired) electrons. The lowest BCUT2D eigenvalue weighted by Gasteiger charge is -2.33. The SMILES string of the molecule is CCOc1ccc(NC2CC(N)C2)cc1Cl. The Morgan fingerprint density at radius 2 is 2.25 bits per heavy atom. The van der Waals surface area contributed by atoms with Crippen molar-refractivity contribution in [2.24, 2.45) is 5.73 Å². The maximum atomic E-state index is 6.09. The van der Waals surface area contributed by atoms with E-state index in [1.54, 1.807) is 0 Å². The molecular formula is C12H17ClN2O. The highest BCUT2D eigenvalue weighted by Crippen LogP contribution is 2.30. The molecule has 0 amide bonds. The molecule has 0 atom stereocenters. The van der Waals surface area contributed by atoms with Crippen LogP contribution in [0, 0.1) is 0 Å². The summed E-state index contributed by atoms with van der Waals surface area (Å²) in [6.07, 6.45) is 2.07. The number of benzene rings is 1. The molecule has 3 nitrogen and oxygen atoms in total. The van der Waals surface area contributed by atoms with Crippen molar-refractivity contribution in [3.63, 3.8) is 0 Å². The lowest BCUT2D eigenvalue weighted by Crippen LogP contribution is -2.44. The Labute approximate surface area is 101 Å². The number of hydrogen-bond donors (Lipinski definition) is 2. The first-order chi connectivity index (χ1) is 7.69. The smallest absolute Gasteiger partial charge is 0.138 e. The summed E-state index contributed by atoms with van der Waals surface area (Å²) in [6, 6.07) is 6.63. The van der Waals surface area contributed by atoms with Crippen molar-refractivity contribution in [2.75, 3.05) is 11.9 Å². The van der Waals surface area contributed by atoms with Crippen LogP contribution in [-0.2, 0) is 0 Å². The topological polar surface area (TPSA) is 47.3 Å². The van der Waals surface area contributed by atoms with Gasteiger partial charge in [-0.15, -0.1) is 0 Å². The minimum Gasteiger partial charge on any atom is -0.492 e. The highest BCUT2D eigenvalue weighted by atomic mass is 35.5. The largest absolute Gasteiger partial charge is 0.492 e. The average molecular weight is 241 g/mol. The van der Waals surface area contributed by atoms with Crippen molar-refractivity contribution in [1.29, 1.82) is 0 Å². The molecule has 16 heavy (non-hydrogen) atoms. The van der Waals surface area contributed by atoms with Gasteiger partial charge in [-0.2, -0.15) is 0 Å². The second kappa shape index (κ2) is 4.93. The van der Waals surface area contributed by atoms with Gasteiger partial charge in [0.1, 0.15) is 5.75 Å². The quantitative estimate of drug-likeness (QED) is 0.851. The van der Waals surface area contributed by atoms with Gasteiger partial charge >= 0.3 is 0 Å². The summed E-state index contributed by atoms with van der Waals surface area (Å²) < 4.78 is 5.37. The summed E-state index contributed by atoms with van der Waals surface area (Å²) in [7, 11) is 0. The molecule has 0 spiro atoms. The number of nitrogens with two attached hydrogens (primary N) is 1. The van der Waals surface area contributed by atoms with Gasteiger partial charge < -0.3 is 15.8 Å². The van der Waals surface area contributed by atoms with Gasteiger partial charge in [0.25, 0.3) is 0 Å². The molecule has 1 saturated carbocycles. The number of hydrogen-bond acceptors (Lipinski definition) is 3. The first-order valence-corrected chi connectivity index (χ1v) is 6.01. The molecule has 0 bridgehead atoms. The summed E-state index contributed by atoms with van der Waals surface area (Å²) in [6.45, 7) is 2.57. The van der Waals surface area contributed by atoms with Crippen molar-refractivity contribution in [1.82, 2.24) is 0 Å². The Morgan fingerprint density at radius 1 is 1.50 bits per heavy atom. The second-order valence-corrected chi connectivity index (χ2v) is 4.56. The van der Waals surface area contributed by atoms with Crippen LogP contribution in [0.4, 0.5) is 5.69 Å². The van der Waals surface area contributed by atoms with Crippen LogP contribution >= 0.6 is 11.6 Å². The minimum absolute atomic E-state index is 0.357. The number of anilines is 1. The van der Waals surface area contributed by atoms with Crippen LogP contribution < -0.4 is 15.8 Å². The van der Waals surface area contributed by atoms with Crippen LogP contribution in [0.15, 0.2) is 18.2 Å². The third-order valence-corrected chi connectivity index (χ3v) is 3.07. The third-order valence-electron chi connectivity index (χ3n) is 2.78. The van der Waals surface area contributed by atoms with Crippen molar-refractivity contribution in [3.8, 4) is 5.75 Å². The van der Waals surface area contributed by atoms with Gasteiger partial charge in [0.05, 0.1) is 11.6 Å². The van der Waals surface area contributed by atoms with Crippen LogP contribution in [0.1, 0.15) is 19.8 Å². The van der Waals surface area contributed by atoms with Crippen LogP contribution in [0.5, 0.6) is 5.75 Å². The fourth-order valence-corrected chi connectivity index (χ4v) is 2.11. The first kappa shape index (κ1) is 11.6. The summed E-state index contributed by atoms with van der Waals surface area (Å²) >= 11 is 6.09. The molecule has 0 unspecified atom stereocenters. The van der Waals surface area contributed by atoms with Crippen molar-refractivity contribution in [2.45, 2.75) is 31.8 Å². The molecule has 1 fully saturated rings. The zero-order valence-corrected chi connectivity index (χ0v) is 10.1. The van der Waals surface area contributed by atoms with Crippen LogP contribution in [0.25, 0.3) is 0 Å². The number of ether oxygens (including phenoxy) is 1. The zero-order valence-electron chi connectivity index (χ0n) is 9.37. The molecule has 0 aliphatic heterocycles. The van der Waals surface area contributed by atoms with E-state index in [1.165, 1.54) is 0 Å². The summed E-state index contributed by atoms with van der Waals surface area (Å²) in [5, 5.41) is 4.05. The molecular weight excluding hydrogens is 224 g/mol. The van der Waals surface area contributed by atoms with Gasteiger partial charge in [-0.05, 0) is 38.0 Å². The highest BCUT2D eigenvalue weighted by molar-refractivity contribution is 6.32. The van der Waals surface area contributed by atoms with E-state index < -0.39 is 0 Å². The molecule has 0 heterocycles. The van der Waals surface area contributed by atoms with E-state index in [-0.39, 0.29) is 0 Å². The van der Waals surface area contributed by atoms with Crippen molar-refractivity contribution in [3.05, 3.63) is 23.2 Å². The van der Waals surface area contributed by atoms with E-state index in [0.717, 1.165) is 24.3 Å². The van der Waals surface area contributed by atoms with Gasteiger partial charge in [-0.1, -0.05) is 11.6 Å². The number of nitrogens with one attached hydrogen (secondary N) is 1. The fourth-order valence-electron chi connectivity index (χ4n) is 1.88. The molecule has 1 aromatic rings. The van der Waals surface area contributed by atoms with Gasteiger partial charge in [0.15, 0.2) is 0 Å². The van der Waals surface area contributed by atoms with E-state index in [2.05, 4.69) is 5.32 Å². The van der Waals surface area contributed by atoms with Gasteiger partial charge in [-0.25, -0.2) is 0 Å². The van der Waals surface area contributed by atoms with E-state index in [1.807, 2.05) is 25.1 Å². The Morgan fingerprint density at radius 3 is 2.81 bits per heavy atom. The maximum absolute atomic E-state index is 6.09. The Kier molecular flexibility index (Phi) is 3.56. The Balaban J connectivity index is 1.98. The summed E-state index contributed by atoms with van der Waals surface area (Å²) in [5.41, 5.74) is 6.76. The fraction of sp³-hybridized carbons (Fsp3) is 0.500. The molecule has 88 valence electrons. The Bertz CT molecular complexity index is 364. The standard InChI is InChI=1S/C12H17ClN2O/c1-2-16-12-4-3-9(7-11(12)13)15-10-5-8(14)6-10/h3-4,7-8,10,15H,2,5-6,14H2,1H3. The van der Waals surface area contributed by atoms with E-state index in [0.29, 0.717) is 23.7 Å². The number of halogens is 1. The second-order valence-electron chi connectivity index (χ2n) is 4.15. The van der Waals surface area contributed by atoms with Crippen molar-refractivity contribution < 1.29 is 4.74 Å². The zero-order chi connectivity index (χ0) is 11.5. The van der Waals surface area contributed by atoms with Crippen molar-refractivity contribution >= 4 is 17.3 Å². The predicted octanol–water partition coefficient (Wildman–Crippen LogP) is 2.64. The lowest BCUT2D eigenvalue weighted by atomic mass is 9.87. The maximum Gasteiger partial charge on any atom is 0.138 e. The van der Waals surface area contributed by atoms with E-state index in [4.69, 9.17) is 22.1 Å². The molecule has 1 aliphatic rings. The molecule has 2 rings (SSSR count). The van der Waals surface area contributed by atoms with Crippen LogP contribution in [0.3, 0.4) is 0 Å². The van der Waals surface area contributed by atoms with E-state index >= 15 is 0 Å². The third kappa shape index (κ3) is 2.60. The molecule has 0 saturated heterocycles. The lowest BCUT2D eigenvalue weighted by molar-refractivity contribution is 0.340. The Hall–Kier alpha value is -0.930. The molecule has 4 heteroatoms. The van der Waals surface area contributed by atoms with Gasteiger partial charge in [-0.3, -0.25) is 0 Å². The highest BCUT2D eigenvalue weighted by Gasteiger charge is 2.25. The van der Waals surface area contributed by atoms with Crippen LogP contribution in [0.2, 0.25) is 5.02 Å².